The molecule has 2 aromatic heterocycles. The second-order valence-corrected chi connectivity index (χ2v) is 13.8. The van der Waals surface area contributed by atoms with Crippen LogP contribution < -0.4 is 10.6 Å². The van der Waals surface area contributed by atoms with Crippen molar-refractivity contribution in [2.75, 3.05) is 13.1 Å². The summed E-state index contributed by atoms with van der Waals surface area (Å²) in [5.74, 6) is -0.545. The molecule has 0 radical (unpaired) electrons. The maximum Gasteiger partial charge on any atom is 0.256 e. The molecule has 3 unspecified atom stereocenters. The lowest BCUT2D eigenvalue weighted by Crippen LogP contribution is -2.48. The van der Waals surface area contributed by atoms with Crippen molar-refractivity contribution in [1.29, 1.82) is 0 Å². The van der Waals surface area contributed by atoms with Gasteiger partial charge in [0.1, 0.15) is 5.01 Å². The number of likely N-dealkylation sites (tertiary alicyclic amines) is 1. The predicted molar refractivity (Wildman–Crippen MR) is 178 cm³/mol. The third-order valence-electron chi connectivity index (χ3n) is 8.24. The van der Waals surface area contributed by atoms with Gasteiger partial charge >= 0.3 is 0 Å². The molecule has 2 aromatic carbocycles. The van der Waals surface area contributed by atoms with Gasteiger partial charge in [0, 0.05) is 43.1 Å². The average molecular weight is 626 g/mol. The van der Waals surface area contributed by atoms with Gasteiger partial charge in [-0.1, -0.05) is 75.4 Å². The largest absolute Gasteiger partial charge is 0.390 e. The van der Waals surface area contributed by atoms with Gasteiger partial charge in [-0.2, -0.15) is 0 Å². The molecule has 0 spiro atoms. The minimum absolute atomic E-state index is 0.0496. The molecule has 8 nitrogen and oxygen atoms in total. The lowest BCUT2D eigenvalue weighted by molar-refractivity contribution is 0.0735. The van der Waals surface area contributed by atoms with Gasteiger partial charge in [-0.25, -0.2) is 4.98 Å². The number of carbonyl (C=O) groups excluding carboxylic acids is 2. The Hall–Kier alpha value is -3.92. The number of pyridine rings is 1. The number of aliphatic hydroxyl groups is 1. The Morgan fingerprint density at radius 1 is 1.04 bits per heavy atom. The molecule has 1 fully saturated rings. The Morgan fingerprint density at radius 3 is 2.53 bits per heavy atom. The number of benzene rings is 2. The molecule has 3 heterocycles. The number of hydrogen-bond donors (Lipinski definition) is 3. The van der Waals surface area contributed by atoms with Crippen molar-refractivity contribution in [3.63, 3.8) is 0 Å². The van der Waals surface area contributed by atoms with E-state index < -0.39 is 12.1 Å². The summed E-state index contributed by atoms with van der Waals surface area (Å²) in [4.78, 5) is 37.8. The van der Waals surface area contributed by atoms with Crippen LogP contribution in [0.2, 0.25) is 0 Å². The highest BCUT2D eigenvalue weighted by molar-refractivity contribution is 7.09. The Balaban J connectivity index is 1.26. The number of nitrogens with one attached hydrogen (secondary N) is 2. The SMILES string of the molecule is Cc1csc(C2CCCN2C(=O)c2cncc(C(=O)NC(Cc3ccccc3)C(O)CNCc3cccc(C(C)(C)C)c3)c2)n1. The molecule has 0 saturated carbocycles. The van der Waals surface area contributed by atoms with Gasteiger partial charge in [0.25, 0.3) is 11.8 Å². The van der Waals surface area contributed by atoms with Crippen LogP contribution in [0.25, 0.3) is 0 Å². The van der Waals surface area contributed by atoms with E-state index in [9.17, 15) is 14.7 Å². The first-order chi connectivity index (χ1) is 21.6. The molecular weight excluding hydrogens is 582 g/mol. The maximum absolute atomic E-state index is 13.6. The quantitative estimate of drug-likeness (QED) is 0.200. The molecular formula is C36H43N5O3S. The molecule has 3 atom stereocenters. The Labute approximate surface area is 269 Å². The van der Waals surface area contributed by atoms with Crippen LogP contribution in [0.4, 0.5) is 0 Å². The van der Waals surface area contributed by atoms with E-state index in [-0.39, 0.29) is 28.8 Å². The van der Waals surface area contributed by atoms with Gasteiger partial charge in [0.05, 0.1) is 29.3 Å². The molecule has 3 N–H and O–H groups in total. The van der Waals surface area contributed by atoms with Crippen LogP contribution in [0.15, 0.2) is 78.4 Å². The van der Waals surface area contributed by atoms with Gasteiger partial charge < -0.3 is 20.6 Å². The molecule has 5 rings (SSSR count). The van der Waals surface area contributed by atoms with Gasteiger partial charge in [-0.3, -0.25) is 14.6 Å². The fourth-order valence-electron chi connectivity index (χ4n) is 5.70. The lowest BCUT2D eigenvalue weighted by Gasteiger charge is -2.25. The molecule has 236 valence electrons. The van der Waals surface area contributed by atoms with Gasteiger partial charge in [-0.05, 0) is 54.4 Å². The van der Waals surface area contributed by atoms with E-state index >= 15 is 0 Å². The lowest BCUT2D eigenvalue weighted by atomic mass is 9.86. The molecule has 1 aliphatic rings. The summed E-state index contributed by atoms with van der Waals surface area (Å²) in [6.45, 7) is 10.0. The van der Waals surface area contributed by atoms with E-state index in [0.717, 1.165) is 34.7 Å². The minimum Gasteiger partial charge on any atom is -0.390 e. The summed E-state index contributed by atoms with van der Waals surface area (Å²) in [6.07, 6.45) is 4.33. The fraction of sp³-hybridized carbons (Fsp3) is 0.389. The number of hydrogen-bond acceptors (Lipinski definition) is 7. The highest BCUT2D eigenvalue weighted by atomic mass is 32.1. The summed E-state index contributed by atoms with van der Waals surface area (Å²) in [5, 5.41) is 20.6. The van der Waals surface area contributed by atoms with Crippen molar-refractivity contribution in [2.24, 2.45) is 0 Å². The summed E-state index contributed by atoms with van der Waals surface area (Å²) >= 11 is 1.57. The van der Waals surface area contributed by atoms with E-state index in [1.165, 1.54) is 18.0 Å². The van der Waals surface area contributed by atoms with Crippen LogP contribution in [-0.2, 0) is 18.4 Å². The average Bonchev–Trinajstić information content (AvgIpc) is 3.70. The molecule has 0 aliphatic carbocycles. The van der Waals surface area contributed by atoms with Crippen molar-refractivity contribution < 1.29 is 14.7 Å². The van der Waals surface area contributed by atoms with Crippen molar-refractivity contribution in [2.45, 2.75) is 77.1 Å². The van der Waals surface area contributed by atoms with E-state index in [0.29, 0.717) is 31.6 Å². The fourth-order valence-corrected chi connectivity index (χ4v) is 6.64. The number of carbonyl (C=O) groups is 2. The minimum atomic E-state index is -0.857. The van der Waals surface area contributed by atoms with Gasteiger partial charge in [0.2, 0.25) is 0 Å². The Kier molecular flexibility index (Phi) is 10.4. The van der Waals surface area contributed by atoms with E-state index in [1.807, 2.05) is 47.5 Å². The standard InChI is InChI=1S/C36H43N5O3S/c1-24-23-45-34(39-24)31-14-9-15-41(31)35(44)28-18-27(20-38-21-28)33(43)40-30(17-25-10-6-5-7-11-25)32(42)22-37-19-26-12-8-13-29(16-26)36(2,3)4/h5-8,10-13,16,18,20-21,23,30-32,37,42H,9,14-15,17,19,22H2,1-4H3,(H,40,43). The molecule has 9 heteroatoms. The first-order valence-electron chi connectivity index (χ1n) is 15.6. The van der Waals surface area contributed by atoms with Crippen LogP contribution in [0.5, 0.6) is 0 Å². The van der Waals surface area contributed by atoms with Crippen molar-refractivity contribution in [3.8, 4) is 0 Å². The summed E-state index contributed by atoms with van der Waals surface area (Å²) in [6, 6.07) is 19.2. The molecule has 4 aromatic rings. The summed E-state index contributed by atoms with van der Waals surface area (Å²) in [7, 11) is 0. The molecule has 2 amide bonds. The van der Waals surface area contributed by atoms with E-state index in [4.69, 9.17) is 0 Å². The van der Waals surface area contributed by atoms with Crippen LogP contribution >= 0.6 is 11.3 Å². The number of thiazole rings is 1. The molecule has 1 saturated heterocycles. The number of aromatic nitrogens is 2. The number of aliphatic hydroxyl groups excluding tert-OH is 1. The zero-order valence-electron chi connectivity index (χ0n) is 26.5. The van der Waals surface area contributed by atoms with Gasteiger partial charge in [-0.15, -0.1) is 11.3 Å². The van der Waals surface area contributed by atoms with Crippen LogP contribution in [0.1, 0.15) is 87.8 Å². The maximum atomic E-state index is 13.6. The number of rotatable bonds is 11. The zero-order valence-corrected chi connectivity index (χ0v) is 27.3. The Bertz CT molecular complexity index is 1600. The Morgan fingerprint density at radius 2 is 1.80 bits per heavy atom. The van der Waals surface area contributed by atoms with Crippen LogP contribution in [0, 0.1) is 6.92 Å². The first-order valence-corrected chi connectivity index (χ1v) is 16.5. The molecule has 1 aliphatic heterocycles. The third-order valence-corrected chi connectivity index (χ3v) is 9.30. The van der Waals surface area contributed by atoms with Crippen molar-refractivity contribution in [1.82, 2.24) is 25.5 Å². The second kappa shape index (κ2) is 14.5. The summed E-state index contributed by atoms with van der Waals surface area (Å²) in [5.41, 5.74) is 5.03. The van der Waals surface area contributed by atoms with Gasteiger partial charge in [0.15, 0.2) is 0 Å². The highest BCUT2D eigenvalue weighted by Gasteiger charge is 2.33. The second-order valence-electron chi connectivity index (χ2n) is 12.9. The molecule has 45 heavy (non-hydrogen) atoms. The number of amides is 2. The smallest absolute Gasteiger partial charge is 0.256 e. The first kappa shape index (κ1) is 32.5. The number of nitrogens with zero attached hydrogens (tertiary/aromatic N) is 3. The van der Waals surface area contributed by atoms with Crippen molar-refractivity contribution >= 4 is 23.2 Å². The van der Waals surface area contributed by atoms with Crippen LogP contribution in [-0.4, -0.2) is 57.0 Å². The predicted octanol–water partition coefficient (Wildman–Crippen LogP) is 5.61. The normalized spacial score (nSPS) is 16.4. The zero-order chi connectivity index (χ0) is 32.0. The van der Waals surface area contributed by atoms with E-state index in [2.05, 4.69) is 65.6 Å². The third kappa shape index (κ3) is 8.42. The van der Waals surface area contributed by atoms with Crippen LogP contribution in [0.3, 0.4) is 0 Å². The summed E-state index contributed by atoms with van der Waals surface area (Å²) < 4.78 is 0. The highest BCUT2D eigenvalue weighted by Crippen LogP contribution is 2.34. The van der Waals surface area contributed by atoms with E-state index in [1.54, 1.807) is 17.4 Å². The number of aryl methyl sites for hydroxylation is 1. The topological polar surface area (TPSA) is 107 Å². The molecule has 0 bridgehead atoms. The monoisotopic (exact) mass is 625 g/mol. The van der Waals surface area contributed by atoms with Crippen molar-refractivity contribution in [3.05, 3.63) is 117 Å².